The summed E-state index contributed by atoms with van der Waals surface area (Å²) >= 11 is 12.9. The lowest BCUT2D eigenvalue weighted by atomic mass is 10.2. The van der Waals surface area contributed by atoms with Crippen molar-refractivity contribution in [2.24, 2.45) is 0 Å². The molecule has 1 atom stereocenters. The smallest absolute Gasteiger partial charge is 0.233 e. The van der Waals surface area contributed by atoms with Crippen LogP contribution in [0.3, 0.4) is 0 Å². The van der Waals surface area contributed by atoms with Gasteiger partial charge in [-0.05, 0) is 31.4 Å². The number of nitrogens with zero attached hydrogens (tertiary/aromatic N) is 1. The van der Waals surface area contributed by atoms with Crippen LogP contribution in [0.15, 0.2) is 24.3 Å². The van der Waals surface area contributed by atoms with Gasteiger partial charge in [0.15, 0.2) is 0 Å². The molecule has 1 aliphatic heterocycles. The first-order valence-corrected chi connectivity index (χ1v) is 8.71. The highest BCUT2D eigenvalue weighted by molar-refractivity contribution is 8.23. The second kappa shape index (κ2) is 8.01. The molecule has 1 fully saturated rings. The lowest BCUT2D eigenvalue weighted by Crippen LogP contribution is -2.33. The fourth-order valence-electron chi connectivity index (χ4n) is 2.15. The average Bonchev–Trinajstić information content (AvgIpc) is 3.00. The Bertz CT molecular complexity index is 518. The molecule has 114 valence electrons. The summed E-state index contributed by atoms with van der Waals surface area (Å²) in [5.74, 6) is -0.0125. The summed E-state index contributed by atoms with van der Waals surface area (Å²) in [6.07, 6.45) is 2.38. The van der Waals surface area contributed by atoms with Crippen LogP contribution in [-0.4, -0.2) is 33.5 Å². The second-order valence-corrected chi connectivity index (χ2v) is 7.41. The molecule has 1 aromatic rings. The minimum absolute atomic E-state index is 0.0125. The number of thiocarbonyl (C=S) groups is 1. The van der Waals surface area contributed by atoms with Crippen molar-refractivity contribution in [3.63, 3.8) is 0 Å². The van der Waals surface area contributed by atoms with Crippen molar-refractivity contribution in [2.75, 3.05) is 13.1 Å². The number of carbonyl (C=O) groups is 1. The van der Waals surface area contributed by atoms with Gasteiger partial charge in [-0.25, -0.2) is 0 Å². The maximum Gasteiger partial charge on any atom is 0.233 e. The predicted octanol–water partition coefficient (Wildman–Crippen LogP) is 3.46. The summed E-state index contributed by atoms with van der Waals surface area (Å²) in [5.41, 5.74) is 0.923. The Morgan fingerprint density at radius 2 is 2.10 bits per heavy atom. The summed E-state index contributed by atoms with van der Waals surface area (Å²) < 4.78 is 0.827. The molecule has 0 saturated carbocycles. The molecule has 1 aromatic carbocycles. The third-order valence-electron chi connectivity index (χ3n) is 3.42. The number of hydrogen-bond donors (Lipinski definition) is 1. The molecule has 1 saturated heterocycles. The molecule has 3 nitrogen and oxygen atoms in total. The summed E-state index contributed by atoms with van der Waals surface area (Å²) in [5, 5.41) is 3.39. The Morgan fingerprint density at radius 3 is 2.76 bits per heavy atom. The van der Waals surface area contributed by atoms with Gasteiger partial charge in [-0.3, -0.25) is 4.79 Å². The van der Waals surface area contributed by atoms with Crippen LogP contribution in [0.4, 0.5) is 0 Å². The van der Waals surface area contributed by atoms with Gasteiger partial charge in [-0.1, -0.05) is 53.8 Å². The van der Waals surface area contributed by atoms with Crippen molar-refractivity contribution in [2.45, 2.75) is 31.6 Å². The van der Waals surface area contributed by atoms with E-state index >= 15 is 0 Å². The van der Waals surface area contributed by atoms with E-state index in [0.717, 1.165) is 23.0 Å². The van der Waals surface area contributed by atoms with Crippen LogP contribution in [0.1, 0.15) is 25.3 Å². The van der Waals surface area contributed by atoms with Crippen molar-refractivity contribution < 1.29 is 4.79 Å². The van der Waals surface area contributed by atoms with Gasteiger partial charge in [0.05, 0.1) is 5.25 Å². The largest absolute Gasteiger partial charge is 0.358 e. The molecule has 1 unspecified atom stereocenters. The van der Waals surface area contributed by atoms with Crippen LogP contribution >= 0.6 is 35.6 Å². The van der Waals surface area contributed by atoms with E-state index < -0.39 is 0 Å². The van der Waals surface area contributed by atoms with Gasteiger partial charge in [-0.15, -0.1) is 0 Å². The van der Waals surface area contributed by atoms with E-state index in [1.165, 1.54) is 24.6 Å². The fourth-order valence-corrected chi connectivity index (χ4v) is 3.79. The van der Waals surface area contributed by atoms with Crippen molar-refractivity contribution in [3.05, 3.63) is 34.9 Å². The quantitative estimate of drug-likeness (QED) is 0.849. The summed E-state index contributed by atoms with van der Waals surface area (Å²) in [7, 11) is 0. The molecule has 6 heteroatoms. The highest BCUT2D eigenvalue weighted by Crippen LogP contribution is 2.21. The molecule has 0 aliphatic carbocycles. The minimum Gasteiger partial charge on any atom is -0.358 e. The SMILES string of the molecule is CC(SC(=S)N1CCCC1)C(=O)NCc1ccccc1Cl. The predicted molar refractivity (Wildman–Crippen MR) is 93.8 cm³/mol. The Kier molecular flexibility index (Phi) is 6.33. The first-order chi connectivity index (χ1) is 10.1. The number of thioether (sulfide) groups is 1. The fraction of sp³-hybridized carbons (Fsp3) is 0.467. The number of likely N-dealkylation sites (tertiary alicyclic amines) is 1. The molecule has 0 aromatic heterocycles. The van der Waals surface area contributed by atoms with Crippen molar-refractivity contribution in [1.82, 2.24) is 10.2 Å². The van der Waals surface area contributed by atoms with E-state index in [-0.39, 0.29) is 11.2 Å². The third kappa shape index (κ3) is 4.87. The molecule has 0 spiro atoms. The number of rotatable bonds is 4. The molecule has 1 heterocycles. The summed E-state index contributed by atoms with van der Waals surface area (Å²) in [6.45, 7) is 4.36. The van der Waals surface area contributed by atoms with Crippen molar-refractivity contribution in [3.8, 4) is 0 Å². The summed E-state index contributed by atoms with van der Waals surface area (Å²) in [6, 6.07) is 7.52. The van der Waals surface area contributed by atoms with Gasteiger partial charge >= 0.3 is 0 Å². The van der Waals surface area contributed by atoms with E-state index in [1.54, 1.807) is 0 Å². The van der Waals surface area contributed by atoms with E-state index in [0.29, 0.717) is 11.6 Å². The molecule has 1 aliphatic rings. The standard InChI is InChI=1S/C15H19ClN2OS2/c1-11(21-15(20)18-8-4-5-9-18)14(19)17-10-12-6-2-3-7-13(12)16/h2-3,6-7,11H,4-5,8-10H2,1H3,(H,17,19). The molecule has 21 heavy (non-hydrogen) atoms. The maximum absolute atomic E-state index is 12.1. The number of hydrogen-bond acceptors (Lipinski definition) is 3. The van der Waals surface area contributed by atoms with Crippen molar-refractivity contribution in [1.29, 1.82) is 0 Å². The van der Waals surface area contributed by atoms with Crippen LogP contribution < -0.4 is 5.32 Å². The number of amides is 1. The average molecular weight is 343 g/mol. The Hall–Kier alpha value is -0.780. The third-order valence-corrected chi connectivity index (χ3v) is 5.37. The van der Waals surface area contributed by atoms with Crippen LogP contribution in [0, 0.1) is 0 Å². The number of benzene rings is 1. The van der Waals surface area contributed by atoms with Gasteiger partial charge in [-0.2, -0.15) is 0 Å². The Morgan fingerprint density at radius 1 is 1.43 bits per heavy atom. The van der Waals surface area contributed by atoms with Gasteiger partial charge in [0.2, 0.25) is 5.91 Å². The van der Waals surface area contributed by atoms with Gasteiger partial charge < -0.3 is 10.2 Å². The zero-order chi connectivity index (χ0) is 15.2. The Labute approximate surface area is 140 Å². The minimum atomic E-state index is -0.194. The number of carbonyl (C=O) groups excluding carboxylic acids is 1. The lowest BCUT2D eigenvalue weighted by Gasteiger charge is -2.20. The first kappa shape index (κ1) is 16.6. The highest BCUT2D eigenvalue weighted by Gasteiger charge is 2.21. The topological polar surface area (TPSA) is 32.3 Å². The van der Waals surface area contributed by atoms with E-state index in [9.17, 15) is 4.79 Å². The monoisotopic (exact) mass is 342 g/mol. The molecular formula is C15H19ClN2OS2. The highest BCUT2D eigenvalue weighted by atomic mass is 35.5. The van der Waals surface area contributed by atoms with Crippen LogP contribution in [0.25, 0.3) is 0 Å². The van der Waals surface area contributed by atoms with E-state index in [2.05, 4.69) is 10.2 Å². The van der Waals surface area contributed by atoms with E-state index in [1.807, 2.05) is 31.2 Å². The second-order valence-electron chi connectivity index (χ2n) is 5.03. The molecule has 1 amide bonds. The van der Waals surface area contributed by atoms with Crippen LogP contribution in [0.2, 0.25) is 5.02 Å². The van der Waals surface area contributed by atoms with Gasteiger partial charge in [0.1, 0.15) is 4.32 Å². The first-order valence-electron chi connectivity index (χ1n) is 7.04. The van der Waals surface area contributed by atoms with E-state index in [4.69, 9.17) is 23.8 Å². The molecule has 0 bridgehead atoms. The number of halogens is 1. The summed E-state index contributed by atoms with van der Waals surface area (Å²) in [4.78, 5) is 14.3. The normalized spacial score (nSPS) is 15.8. The van der Waals surface area contributed by atoms with Crippen molar-refractivity contribution >= 4 is 45.8 Å². The molecule has 0 radical (unpaired) electrons. The van der Waals surface area contributed by atoms with Crippen LogP contribution in [-0.2, 0) is 11.3 Å². The molecule has 1 N–H and O–H groups in total. The zero-order valence-electron chi connectivity index (χ0n) is 12.0. The Balaban J connectivity index is 1.79. The van der Waals surface area contributed by atoms with Gasteiger partial charge in [0.25, 0.3) is 0 Å². The van der Waals surface area contributed by atoms with Gasteiger partial charge in [0, 0.05) is 24.7 Å². The maximum atomic E-state index is 12.1. The molecule has 2 rings (SSSR count). The van der Waals surface area contributed by atoms with Crippen LogP contribution in [0.5, 0.6) is 0 Å². The lowest BCUT2D eigenvalue weighted by molar-refractivity contribution is -0.120. The zero-order valence-corrected chi connectivity index (χ0v) is 14.4. The molecular weight excluding hydrogens is 324 g/mol. The number of nitrogens with one attached hydrogen (secondary N) is 1.